The lowest BCUT2D eigenvalue weighted by Gasteiger charge is -2.36. The summed E-state index contributed by atoms with van der Waals surface area (Å²) in [5, 5.41) is 10.3. The largest absolute Gasteiger partial charge is 0.393 e. The van der Waals surface area contributed by atoms with E-state index in [4.69, 9.17) is 0 Å². The van der Waals surface area contributed by atoms with Crippen LogP contribution in [-0.2, 0) is 0 Å². The summed E-state index contributed by atoms with van der Waals surface area (Å²) in [6, 6.07) is 8.51. The fourth-order valence-corrected chi connectivity index (χ4v) is 3.65. The van der Waals surface area contributed by atoms with Gasteiger partial charge in [-0.2, -0.15) is 0 Å². The molecule has 20 heavy (non-hydrogen) atoms. The molecule has 0 heterocycles. The number of anilines is 1. The average molecular weight is 275 g/mol. The molecule has 3 atom stereocenters. The fraction of sp³-hybridized carbons (Fsp3) is 0.667. The van der Waals surface area contributed by atoms with E-state index in [0.29, 0.717) is 5.92 Å². The van der Waals surface area contributed by atoms with Gasteiger partial charge >= 0.3 is 0 Å². The van der Waals surface area contributed by atoms with Crippen molar-refractivity contribution in [3.8, 4) is 0 Å². The molecule has 1 aliphatic rings. The minimum Gasteiger partial charge on any atom is -0.393 e. The molecule has 112 valence electrons. The second kappa shape index (κ2) is 7.12. The van der Waals surface area contributed by atoms with Crippen LogP contribution in [0, 0.1) is 18.8 Å². The molecule has 1 aliphatic carbocycles. The summed E-state index contributed by atoms with van der Waals surface area (Å²) >= 11 is 0. The van der Waals surface area contributed by atoms with E-state index in [0.717, 1.165) is 18.9 Å². The molecule has 1 N–H and O–H groups in total. The molecule has 0 amide bonds. The minimum atomic E-state index is -0.116. The van der Waals surface area contributed by atoms with Crippen LogP contribution in [0.25, 0.3) is 0 Å². The molecule has 2 rings (SSSR count). The van der Waals surface area contributed by atoms with Crippen molar-refractivity contribution >= 4 is 5.69 Å². The molecule has 0 spiro atoms. The number of hydrogen-bond donors (Lipinski definition) is 1. The fourth-order valence-electron chi connectivity index (χ4n) is 3.65. The normalized spacial score (nSPS) is 26.5. The Labute approximate surface area is 123 Å². The number of para-hydroxylation sites is 1. The van der Waals surface area contributed by atoms with Crippen molar-refractivity contribution in [3.05, 3.63) is 29.8 Å². The Hall–Kier alpha value is -1.02. The average Bonchev–Trinajstić information content (AvgIpc) is 2.43. The van der Waals surface area contributed by atoms with Gasteiger partial charge in [-0.3, -0.25) is 0 Å². The molecular formula is C18H29NO. The number of aryl methyl sites for hydroxylation is 1. The van der Waals surface area contributed by atoms with E-state index in [-0.39, 0.29) is 6.10 Å². The van der Waals surface area contributed by atoms with Gasteiger partial charge in [-0.05, 0) is 43.7 Å². The molecule has 0 aromatic heterocycles. The maximum atomic E-state index is 10.3. The van der Waals surface area contributed by atoms with E-state index in [1.807, 2.05) is 0 Å². The summed E-state index contributed by atoms with van der Waals surface area (Å²) in [6.45, 7) is 5.38. The number of aliphatic hydroxyl groups excluding tert-OH is 1. The first-order valence-electron chi connectivity index (χ1n) is 8.06. The highest BCUT2D eigenvalue weighted by Gasteiger charge is 2.29. The van der Waals surface area contributed by atoms with Crippen LogP contribution in [0.5, 0.6) is 0 Å². The summed E-state index contributed by atoms with van der Waals surface area (Å²) in [4.78, 5) is 2.32. The molecule has 1 aromatic carbocycles. The summed E-state index contributed by atoms with van der Waals surface area (Å²) in [7, 11) is 2.15. The molecule has 3 unspecified atom stereocenters. The zero-order valence-corrected chi connectivity index (χ0v) is 13.2. The highest BCUT2D eigenvalue weighted by atomic mass is 16.3. The van der Waals surface area contributed by atoms with Gasteiger partial charge in [0, 0.05) is 25.2 Å². The Morgan fingerprint density at radius 3 is 2.70 bits per heavy atom. The molecule has 0 aliphatic heterocycles. The maximum Gasteiger partial charge on any atom is 0.0585 e. The molecular weight excluding hydrogens is 246 g/mol. The van der Waals surface area contributed by atoms with Crippen molar-refractivity contribution < 1.29 is 5.11 Å². The van der Waals surface area contributed by atoms with E-state index in [1.54, 1.807) is 0 Å². The van der Waals surface area contributed by atoms with Gasteiger partial charge in [0.15, 0.2) is 0 Å². The topological polar surface area (TPSA) is 23.5 Å². The van der Waals surface area contributed by atoms with Crippen LogP contribution in [0.4, 0.5) is 5.69 Å². The first-order valence-corrected chi connectivity index (χ1v) is 8.06. The molecule has 2 heteroatoms. The van der Waals surface area contributed by atoms with E-state index in [1.165, 1.54) is 36.9 Å². The monoisotopic (exact) mass is 275 g/mol. The summed E-state index contributed by atoms with van der Waals surface area (Å²) in [5.74, 6) is 1.24. The van der Waals surface area contributed by atoms with Gasteiger partial charge in [-0.25, -0.2) is 0 Å². The summed E-state index contributed by atoms with van der Waals surface area (Å²) < 4.78 is 0. The highest BCUT2D eigenvalue weighted by Crippen LogP contribution is 2.33. The number of benzene rings is 1. The second-order valence-corrected chi connectivity index (χ2v) is 6.46. The van der Waals surface area contributed by atoms with Crippen LogP contribution in [0.2, 0.25) is 0 Å². The first-order chi connectivity index (χ1) is 9.61. The van der Waals surface area contributed by atoms with E-state index >= 15 is 0 Å². The Bertz CT molecular complexity index is 418. The van der Waals surface area contributed by atoms with Gasteiger partial charge in [0.05, 0.1) is 6.10 Å². The van der Waals surface area contributed by atoms with Gasteiger partial charge in [0.2, 0.25) is 0 Å². The quantitative estimate of drug-likeness (QED) is 0.877. The third-order valence-corrected chi connectivity index (χ3v) is 4.78. The van der Waals surface area contributed by atoms with Crippen LogP contribution in [0.15, 0.2) is 24.3 Å². The van der Waals surface area contributed by atoms with Crippen molar-refractivity contribution in [1.29, 1.82) is 0 Å². The van der Waals surface area contributed by atoms with Crippen molar-refractivity contribution in [3.63, 3.8) is 0 Å². The van der Waals surface area contributed by atoms with Crippen LogP contribution >= 0.6 is 0 Å². The van der Waals surface area contributed by atoms with Crippen molar-refractivity contribution in [2.24, 2.45) is 11.8 Å². The van der Waals surface area contributed by atoms with Crippen LogP contribution < -0.4 is 4.90 Å². The summed E-state index contributed by atoms with van der Waals surface area (Å²) in [6.07, 6.45) is 5.84. The number of aliphatic hydroxyl groups is 1. The standard InChI is InChI=1S/C18H29NO/c1-4-7-15-10-11-18(20)16(12-15)13-19(3)17-9-6-5-8-14(17)2/h5-6,8-9,15-16,18,20H,4,7,10-13H2,1-3H3. The van der Waals surface area contributed by atoms with Gasteiger partial charge in [-0.1, -0.05) is 38.0 Å². The zero-order chi connectivity index (χ0) is 14.5. The van der Waals surface area contributed by atoms with Gasteiger partial charge in [0.25, 0.3) is 0 Å². The van der Waals surface area contributed by atoms with Crippen LogP contribution in [0.1, 0.15) is 44.6 Å². The summed E-state index contributed by atoms with van der Waals surface area (Å²) in [5.41, 5.74) is 2.60. The molecule has 0 bridgehead atoms. The Balaban J connectivity index is 1.98. The van der Waals surface area contributed by atoms with E-state index in [9.17, 15) is 5.11 Å². The zero-order valence-electron chi connectivity index (χ0n) is 13.2. The molecule has 1 aromatic rings. The maximum absolute atomic E-state index is 10.3. The lowest BCUT2D eigenvalue weighted by molar-refractivity contribution is 0.0499. The highest BCUT2D eigenvalue weighted by molar-refractivity contribution is 5.52. The lowest BCUT2D eigenvalue weighted by Crippen LogP contribution is -2.37. The van der Waals surface area contributed by atoms with Gasteiger partial charge in [-0.15, -0.1) is 0 Å². The molecule has 0 radical (unpaired) electrons. The van der Waals surface area contributed by atoms with Crippen molar-refractivity contribution in [2.75, 3.05) is 18.5 Å². The molecule has 1 saturated carbocycles. The second-order valence-electron chi connectivity index (χ2n) is 6.46. The SMILES string of the molecule is CCCC1CCC(O)C(CN(C)c2ccccc2C)C1. The molecule has 2 nitrogen and oxygen atoms in total. The Morgan fingerprint density at radius 1 is 1.25 bits per heavy atom. The lowest BCUT2D eigenvalue weighted by atomic mass is 9.77. The predicted molar refractivity (Wildman–Crippen MR) is 86.2 cm³/mol. The van der Waals surface area contributed by atoms with E-state index in [2.05, 4.69) is 50.1 Å². The minimum absolute atomic E-state index is 0.116. The van der Waals surface area contributed by atoms with Gasteiger partial charge < -0.3 is 10.0 Å². The van der Waals surface area contributed by atoms with Crippen LogP contribution in [0.3, 0.4) is 0 Å². The first kappa shape index (κ1) is 15.4. The van der Waals surface area contributed by atoms with Crippen molar-refractivity contribution in [2.45, 2.75) is 52.1 Å². The number of hydrogen-bond acceptors (Lipinski definition) is 2. The smallest absolute Gasteiger partial charge is 0.0585 e. The third-order valence-electron chi connectivity index (χ3n) is 4.78. The van der Waals surface area contributed by atoms with Crippen molar-refractivity contribution in [1.82, 2.24) is 0 Å². The molecule has 1 fully saturated rings. The number of nitrogens with zero attached hydrogens (tertiary/aromatic N) is 1. The van der Waals surface area contributed by atoms with Crippen LogP contribution in [-0.4, -0.2) is 24.8 Å². The van der Waals surface area contributed by atoms with E-state index < -0.39 is 0 Å². The molecule has 0 saturated heterocycles. The van der Waals surface area contributed by atoms with Gasteiger partial charge in [0.1, 0.15) is 0 Å². The Kier molecular flexibility index (Phi) is 5.47. The number of rotatable bonds is 5. The third kappa shape index (κ3) is 3.76. The Morgan fingerprint density at radius 2 is 2.00 bits per heavy atom. The predicted octanol–water partition coefficient (Wildman–Crippen LogP) is 4.01.